The van der Waals surface area contributed by atoms with Gasteiger partial charge in [0.05, 0.1) is 9.36 Å². The van der Waals surface area contributed by atoms with Crippen LogP contribution in [0.5, 0.6) is 0 Å². The average molecular weight is 419 g/mol. The van der Waals surface area contributed by atoms with Crippen molar-refractivity contribution in [2.75, 3.05) is 0 Å². The molecule has 0 aliphatic rings. The molecule has 2 aromatic rings. The Morgan fingerprint density at radius 2 is 1.88 bits per heavy atom. The van der Waals surface area contributed by atoms with Crippen molar-refractivity contribution in [1.29, 1.82) is 0 Å². The minimum Gasteiger partial charge on any atom is -0.384 e. The predicted octanol–water partition coefficient (Wildman–Crippen LogP) is 5.39. The van der Waals surface area contributed by atoms with Gasteiger partial charge in [-0.3, -0.25) is 0 Å². The lowest BCUT2D eigenvalue weighted by molar-refractivity contribution is 0.221. The van der Waals surface area contributed by atoms with Gasteiger partial charge in [0.15, 0.2) is 0 Å². The van der Waals surface area contributed by atoms with Crippen molar-refractivity contribution in [2.45, 2.75) is 6.10 Å². The number of benzene rings is 1. The zero-order valence-corrected chi connectivity index (χ0v) is 13.5. The van der Waals surface area contributed by atoms with Gasteiger partial charge in [-0.2, -0.15) is 0 Å². The molecule has 0 saturated carbocycles. The Morgan fingerprint density at radius 3 is 2.41 bits per heavy atom. The third-order valence-electron chi connectivity index (χ3n) is 2.24. The third kappa shape index (κ3) is 3.08. The molecular weight excluding hydrogens is 413 g/mol. The minimum atomic E-state index is -0.805. The van der Waals surface area contributed by atoms with Crippen LogP contribution in [0.25, 0.3) is 0 Å². The fourth-order valence-electron chi connectivity index (χ4n) is 1.40. The SMILES string of the molecule is OC(c1ccc(I)c(Cl)c1)c1cc(Cl)sc1Cl. The van der Waals surface area contributed by atoms with Crippen molar-refractivity contribution in [2.24, 2.45) is 0 Å². The van der Waals surface area contributed by atoms with Crippen LogP contribution in [0.1, 0.15) is 17.2 Å². The molecule has 1 nitrogen and oxygen atoms in total. The summed E-state index contributed by atoms with van der Waals surface area (Å²) in [5.41, 5.74) is 1.31. The first-order valence-electron chi connectivity index (χ1n) is 4.57. The van der Waals surface area contributed by atoms with Gasteiger partial charge in [0.25, 0.3) is 0 Å². The van der Waals surface area contributed by atoms with Crippen LogP contribution in [0.3, 0.4) is 0 Å². The molecule has 2 rings (SSSR count). The van der Waals surface area contributed by atoms with E-state index in [1.54, 1.807) is 12.1 Å². The zero-order chi connectivity index (χ0) is 12.6. The molecule has 1 aromatic heterocycles. The summed E-state index contributed by atoms with van der Waals surface area (Å²) in [5.74, 6) is 0. The first-order chi connectivity index (χ1) is 7.99. The van der Waals surface area contributed by atoms with E-state index in [-0.39, 0.29) is 0 Å². The molecule has 0 amide bonds. The van der Waals surface area contributed by atoms with Crippen molar-refractivity contribution < 1.29 is 5.11 Å². The Bertz CT molecular complexity index is 556. The number of aliphatic hydroxyl groups excluding tert-OH is 1. The first kappa shape index (κ1) is 13.9. The molecule has 6 heteroatoms. The average Bonchev–Trinajstić information content (AvgIpc) is 2.61. The highest BCUT2D eigenvalue weighted by atomic mass is 127. The fraction of sp³-hybridized carbons (Fsp3) is 0.0909. The molecule has 17 heavy (non-hydrogen) atoms. The van der Waals surface area contributed by atoms with Crippen LogP contribution in [-0.4, -0.2) is 5.11 Å². The lowest BCUT2D eigenvalue weighted by atomic mass is 10.0. The van der Waals surface area contributed by atoms with Crippen molar-refractivity contribution >= 4 is 68.7 Å². The van der Waals surface area contributed by atoms with E-state index in [2.05, 4.69) is 22.6 Å². The van der Waals surface area contributed by atoms with Gasteiger partial charge in [0, 0.05) is 9.13 Å². The summed E-state index contributed by atoms with van der Waals surface area (Å²) in [6.45, 7) is 0. The highest BCUT2D eigenvalue weighted by Gasteiger charge is 2.17. The fourth-order valence-corrected chi connectivity index (χ4v) is 3.45. The summed E-state index contributed by atoms with van der Waals surface area (Å²) in [7, 11) is 0. The molecule has 0 aliphatic carbocycles. The maximum Gasteiger partial charge on any atom is 0.106 e. The monoisotopic (exact) mass is 418 g/mol. The molecule has 0 fully saturated rings. The molecule has 0 spiro atoms. The number of aliphatic hydroxyl groups is 1. The van der Waals surface area contributed by atoms with Crippen LogP contribution >= 0.6 is 68.7 Å². The smallest absolute Gasteiger partial charge is 0.106 e. The van der Waals surface area contributed by atoms with Crippen molar-refractivity contribution in [3.63, 3.8) is 0 Å². The van der Waals surface area contributed by atoms with Gasteiger partial charge in [-0.05, 0) is 46.4 Å². The lowest BCUT2D eigenvalue weighted by Gasteiger charge is -2.11. The van der Waals surface area contributed by atoms with Crippen LogP contribution < -0.4 is 0 Å². The van der Waals surface area contributed by atoms with Crippen LogP contribution in [0.4, 0.5) is 0 Å². The van der Waals surface area contributed by atoms with E-state index in [0.717, 1.165) is 3.57 Å². The lowest BCUT2D eigenvalue weighted by Crippen LogP contribution is -1.98. The van der Waals surface area contributed by atoms with Crippen molar-refractivity contribution in [1.82, 2.24) is 0 Å². The topological polar surface area (TPSA) is 20.2 Å². The number of hydrogen-bond donors (Lipinski definition) is 1. The Labute approximate surface area is 131 Å². The third-order valence-corrected chi connectivity index (χ3v) is 5.33. The van der Waals surface area contributed by atoms with Gasteiger partial charge in [-0.25, -0.2) is 0 Å². The molecule has 1 N–H and O–H groups in total. The summed E-state index contributed by atoms with van der Waals surface area (Å²) in [6, 6.07) is 7.07. The number of hydrogen-bond acceptors (Lipinski definition) is 2. The summed E-state index contributed by atoms with van der Waals surface area (Å²) in [5, 5.41) is 10.8. The Balaban J connectivity index is 2.40. The quantitative estimate of drug-likeness (QED) is 0.647. The van der Waals surface area contributed by atoms with E-state index in [0.29, 0.717) is 24.8 Å². The van der Waals surface area contributed by atoms with Crippen LogP contribution in [0.2, 0.25) is 13.7 Å². The van der Waals surface area contributed by atoms with Crippen LogP contribution in [0, 0.1) is 3.57 Å². The highest BCUT2D eigenvalue weighted by molar-refractivity contribution is 14.1. The highest BCUT2D eigenvalue weighted by Crippen LogP contribution is 2.38. The summed E-state index contributed by atoms with van der Waals surface area (Å²) < 4.78 is 1.99. The van der Waals surface area contributed by atoms with E-state index in [1.165, 1.54) is 11.3 Å². The van der Waals surface area contributed by atoms with Gasteiger partial charge < -0.3 is 5.11 Å². The van der Waals surface area contributed by atoms with E-state index >= 15 is 0 Å². The van der Waals surface area contributed by atoms with E-state index in [1.807, 2.05) is 12.1 Å². The second-order valence-electron chi connectivity index (χ2n) is 3.36. The normalized spacial score (nSPS) is 12.8. The summed E-state index contributed by atoms with van der Waals surface area (Å²) in [6.07, 6.45) is -0.805. The number of halogens is 4. The molecule has 0 radical (unpaired) electrons. The Morgan fingerprint density at radius 1 is 1.18 bits per heavy atom. The second kappa shape index (κ2) is 5.63. The largest absolute Gasteiger partial charge is 0.384 e. The Kier molecular flexibility index (Phi) is 4.61. The van der Waals surface area contributed by atoms with Crippen LogP contribution in [0.15, 0.2) is 24.3 Å². The van der Waals surface area contributed by atoms with E-state index in [9.17, 15) is 5.11 Å². The number of rotatable bonds is 2. The minimum absolute atomic E-state index is 0.497. The van der Waals surface area contributed by atoms with Crippen molar-refractivity contribution in [3.05, 3.63) is 52.7 Å². The van der Waals surface area contributed by atoms with E-state index in [4.69, 9.17) is 34.8 Å². The van der Waals surface area contributed by atoms with Gasteiger partial charge in [-0.1, -0.05) is 40.9 Å². The van der Waals surface area contributed by atoms with Gasteiger partial charge in [0.1, 0.15) is 10.4 Å². The second-order valence-corrected chi connectivity index (χ2v) is 7.21. The van der Waals surface area contributed by atoms with Gasteiger partial charge in [0.2, 0.25) is 0 Å². The van der Waals surface area contributed by atoms with Crippen molar-refractivity contribution in [3.8, 4) is 0 Å². The molecular formula is C11H6Cl3IOS. The van der Waals surface area contributed by atoms with Gasteiger partial charge >= 0.3 is 0 Å². The molecule has 0 aliphatic heterocycles. The number of thiophene rings is 1. The molecule has 1 unspecified atom stereocenters. The Hall–Kier alpha value is 0.480. The standard InChI is InChI=1S/C11H6Cl3IOS/c12-7-3-5(1-2-8(7)15)10(16)6-4-9(13)17-11(6)14/h1-4,10,16H. The first-order valence-corrected chi connectivity index (χ1v) is 7.59. The zero-order valence-electron chi connectivity index (χ0n) is 8.25. The molecule has 1 heterocycles. The molecule has 0 saturated heterocycles. The predicted molar refractivity (Wildman–Crippen MR) is 82.6 cm³/mol. The molecule has 1 atom stereocenters. The molecule has 1 aromatic carbocycles. The summed E-state index contributed by atoms with van der Waals surface area (Å²) in [4.78, 5) is 0. The van der Waals surface area contributed by atoms with Crippen LogP contribution in [-0.2, 0) is 0 Å². The summed E-state index contributed by atoms with van der Waals surface area (Å²) >= 11 is 21.2. The van der Waals surface area contributed by atoms with E-state index < -0.39 is 6.10 Å². The van der Waals surface area contributed by atoms with Gasteiger partial charge in [-0.15, -0.1) is 11.3 Å². The molecule has 90 valence electrons. The maximum absolute atomic E-state index is 10.2. The molecule has 0 bridgehead atoms. The maximum atomic E-state index is 10.2.